The van der Waals surface area contributed by atoms with Crippen LogP contribution in [0.15, 0.2) is 24.3 Å². The van der Waals surface area contributed by atoms with Gasteiger partial charge in [0.25, 0.3) is 0 Å². The summed E-state index contributed by atoms with van der Waals surface area (Å²) in [6.07, 6.45) is 1.18. The van der Waals surface area contributed by atoms with E-state index in [1.165, 1.54) is 12.1 Å². The van der Waals surface area contributed by atoms with Crippen LogP contribution < -0.4 is 11.1 Å². The number of ether oxygens (including phenoxy) is 1. The number of hydrogen-bond donors (Lipinski definition) is 2. The van der Waals surface area contributed by atoms with Crippen LogP contribution in [0.1, 0.15) is 31.9 Å². The van der Waals surface area contributed by atoms with E-state index >= 15 is 0 Å². The molecule has 116 valence electrons. The molecule has 2 rings (SSSR count). The van der Waals surface area contributed by atoms with E-state index in [0.717, 1.165) is 13.0 Å². The molecule has 21 heavy (non-hydrogen) atoms. The number of halogens is 1. The predicted molar refractivity (Wildman–Crippen MR) is 79.0 cm³/mol. The zero-order valence-corrected chi connectivity index (χ0v) is 12.5. The first kappa shape index (κ1) is 15.9. The zero-order valence-electron chi connectivity index (χ0n) is 12.5. The van der Waals surface area contributed by atoms with Crippen LogP contribution in [0.2, 0.25) is 0 Å². The van der Waals surface area contributed by atoms with E-state index in [2.05, 4.69) is 19.2 Å². The van der Waals surface area contributed by atoms with Crippen molar-refractivity contribution in [1.29, 1.82) is 0 Å². The molecule has 3 N–H and O–H groups in total. The van der Waals surface area contributed by atoms with Gasteiger partial charge in [-0.05, 0) is 30.0 Å². The smallest absolute Gasteiger partial charge is 0.239 e. The highest BCUT2D eigenvalue weighted by Gasteiger charge is 2.31. The summed E-state index contributed by atoms with van der Waals surface area (Å²) in [7, 11) is 0. The molecule has 1 aliphatic rings. The minimum atomic E-state index is -0.598. The average Bonchev–Trinajstić information content (AvgIpc) is 2.89. The second-order valence-electron chi connectivity index (χ2n) is 5.92. The SMILES string of the molecule is CC(C)[C@H]1OCC[C@@H]1CNC(C(N)=O)c1ccc(F)cc1. The van der Waals surface area contributed by atoms with Crippen molar-refractivity contribution in [3.05, 3.63) is 35.6 Å². The molecule has 0 radical (unpaired) electrons. The molecule has 3 atom stereocenters. The Bertz CT molecular complexity index is 476. The summed E-state index contributed by atoms with van der Waals surface area (Å²) in [5.41, 5.74) is 6.14. The van der Waals surface area contributed by atoms with Gasteiger partial charge >= 0.3 is 0 Å². The predicted octanol–water partition coefficient (Wildman–Crippen LogP) is 2.00. The molecule has 0 saturated carbocycles. The lowest BCUT2D eigenvalue weighted by Gasteiger charge is -2.24. The second kappa shape index (κ2) is 7.00. The molecule has 1 heterocycles. The number of carbonyl (C=O) groups is 1. The second-order valence-corrected chi connectivity index (χ2v) is 5.92. The Morgan fingerprint density at radius 2 is 2.10 bits per heavy atom. The molecule has 1 saturated heterocycles. The Morgan fingerprint density at radius 1 is 1.43 bits per heavy atom. The lowest BCUT2D eigenvalue weighted by molar-refractivity contribution is -0.120. The van der Waals surface area contributed by atoms with Crippen LogP contribution in [0, 0.1) is 17.7 Å². The van der Waals surface area contributed by atoms with Crippen LogP contribution >= 0.6 is 0 Å². The number of nitrogens with two attached hydrogens (primary N) is 1. The summed E-state index contributed by atoms with van der Waals surface area (Å²) in [5.74, 6) is 0.0251. The van der Waals surface area contributed by atoms with E-state index in [9.17, 15) is 9.18 Å². The number of benzene rings is 1. The quantitative estimate of drug-likeness (QED) is 0.843. The van der Waals surface area contributed by atoms with Crippen LogP contribution in [0.4, 0.5) is 4.39 Å². The van der Waals surface area contributed by atoms with Gasteiger partial charge < -0.3 is 15.8 Å². The van der Waals surface area contributed by atoms with Gasteiger partial charge in [-0.3, -0.25) is 4.79 Å². The summed E-state index contributed by atoms with van der Waals surface area (Å²) >= 11 is 0. The largest absolute Gasteiger partial charge is 0.378 e. The van der Waals surface area contributed by atoms with Crippen molar-refractivity contribution in [2.24, 2.45) is 17.6 Å². The van der Waals surface area contributed by atoms with Gasteiger partial charge in [0.1, 0.15) is 11.9 Å². The van der Waals surface area contributed by atoms with Crippen molar-refractivity contribution in [2.45, 2.75) is 32.4 Å². The Balaban J connectivity index is 2.00. The topological polar surface area (TPSA) is 64.3 Å². The van der Waals surface area contributed by atoms with Crippen molar-refractivity contribution in [1.82, 2.24) is 5.32 Å². The fourth-order valence-corrected chi connectivity index (χ4v) is 2.92. The Labute approximate surface area is 124 Å². The van der Waals surface area contributed by atoms with Crippen molar-refractivity contribution >= 4 is 5.91 Å². The number of primary amides is 1. The third kappa shape index (κ3) is 4.02. The molecule has 0 aliphatic carbocycles. The third-order valence-corrected chi connectivity index (χ3v) is 3.99. The van der Waals surface area contributed by atoms with Gasteiger partial charge in [0.05, 0.1) is 6.10 Å². The molecule has 1 aliphatic heterocycles. The van der Waals surface area contributed by atoms with E-state index in [1.807, 2.05) is 0 Å². The van der Waals surface area contributed by atoms with Crippen LogP contribution in [-0.4, -0.2) is 25.2 Å². The third-order valence-electron chi connectivity index (χ3n) is 3.99. The van der Waals surface area contributed by atoms with Crippen LogP contribution in [-0.2, 0) is 9.53 Å². The van der Waals surface area contributed by atoms with Crippen LogP contribution in [0.25, 0.3) is 0 Å². The van der Waals surface area contributed by atoms with Gasteiger partial charge in [-0.15, -0.1) is 0 Å². The number of amides is 1. The highest BCUT2D eigenvalue weighted by molar-refractivity contribution is 5.81. The maximum absolute atomic E-state index is 13.0. The van der Waals surface area contributed by atoms with Gasteiger partial charge in [-0.2, -0.15) is 0 Å². The first-order valence-corrected chi connectivity index (χ1v) is 7.38. The van der Waals surface area contributed by atoms with E-state index in [0.29, 0.717) is 23.9 Å². The minimum Gasteiger partial charge on any atom is -0.378 e. The highest BCUT2D eigenvalue weighted by atomic mass is 19.1. The first-order valence-electron chi connectivity index (χ1n) is 7.38. The number of nitrogens with one attached hydrogen (secondary N) is 1. The Hall–Kier alpha value is -1.46. The maximum Gasteiger partial charge on any atom is 0.239 e. The van der Waals surface area contributed by atoms with Gasteiger partial charge in [-0.1, -0.05) is 26.0 Å². The normalized spacial score (nSPS) is 23.4. The highest BCUT2D eigenvalue weighted by Crippen LogP contribution is 2.27. The van der Waals surface area contributed by atoms with Crippen LogP contribution in [0.3, 0.4) is 0 Å². The summed E-state index contributed by atoms with van der Waals surface area (Å²) in [4.78, 5) is 11.6. The molecule has 1 amide bonds. The Kier molecular flexibility index (Phi) is 5.31. The lowest BCUT2D eigenvalue weighted by atomic mass is 9.92. The fourth-order valence-electron chi connectivity index (χ4n) is 2.92. The molecule has 0 spiro atoms. The van der Waals surface area contributed by atoms with E-state index in [-0.39, 0.29) is 11.9 Å². The lowest BCUT2D eigenvalue weighted by Crippen LogP contribution is -2.39. The summed E-state index contributed by atoms with van der Waals surface area (Å²) in [6.45, 7) is 5.68. The molecule has 1 aromatic rings. The van der Waals surface area contributed by atoms with E-state index in [4.69, 9.17) is 10.5 Å². The summed E-state index contributed by atoms with van der Waals surface area (Å²) in [5, 5.41) is 3.20. The Morgan fingerprint density at radius 3 is 2.67 bits per heavy atom. The average molecular weight is 294 g/mol. The van der Waals surface area contributed by atoms with Gasteiger partial charge in [0.2, 0.25) is 5.91 Å². The molecule has 0 bridgehead atoms. The van der Waals surface area contributed by atoms with Crippen molar-refractivity contribution in [3.63, 3.8) is 0 Å². The van der Waals surface area contributed by atoms with Crippen molar-refractivity contribution in [2.75, 3.05) is 13.2 Å². The molecule has 4 nitrogen and oxygen atoms in total. The summed E-state index contributed by atoms with van der Waals surface area (Å²) in [6, 6.07) is 5.25. The minimum absolute atomic E-state index is 0.208. The first-order chi connectivity index (χ1) is 9.99. The molecule has 5 heteroatoms. The zero-order chi connectivity index (χ0) is 15.4. The van der Waals surface area contributed by atoms with E-state index in [1.54, 1.807) is 12.1 Å². The monoisotopic (exact) mass is 294 g/mol. The maximum atomic E-state index is 13.0. The molecular formula is C16H23FN2O2. The fraction of sp³-hybridized carbons (Fsp3) is 0.562. The summed E-state index contributed by atoms with van der Waals surface area (Å²) < 4.78 is 18.7. The van der Waals surface area contributed by atoms with Crippen molar-refractivity contribution < 1.29 is 13.9 Å². The van der Waals surface area contributed by atoms with E-state index < -0.39 is 11.9 Å². The van der Waals surface area contributed by atoms with Gasteiger partial charge in [0.15, 0.2) is 0 Å². The van der Waals surface area contributed by atoms with Gasteiger partial charge in [0, 0.05) is 19.1 Å². The molecule has 0 aromatic heterocycles. The number of carbonyl (C=O) groups excluding carboxylic acids is 1. The van der Waals surface area contributed by atoms with Gasteiger partial charge in [-0.25, -0.2) is 4.39 Å². The molecule has 1 aromatic carbocycles. The van der Waals surface area contributed by atoms with Crippen molar-refractivity contribution in [3.8, 4) is 0 Å². The van der Waals surface area contributed by atoms with Crippen LogP contribution in [0.5, 0.6) is 0 Å². The molecule has 1 fully saturated rings. The standard InChI is InChI=1S/C16H23FN2O2/c1-10(2)15-12(7-8-21-15)9-19-14(16(18)20)11-3-5-13(17)6-4-11/h3-6,10,12,14-15,19H,7-9H2,1-2H3,(H2,18,20)/t12-,14?,15-/m1/s1. The number of hydrogen-bond acceptors (Lipinski definition) is 3. The molecule has 1 unspecified atom stereocenters. The number of rotatable bonds is 6. The molecular weight excluding hydrogens is 271 g/mol.